The van der Waals surface area contributed by atoms with Crippen molar-refractivity contribution in [3.05, 3.63) is 60.7 Å². The fraction of sp³-hybridized carbons (Fsp3) is 0.143. The molecule has 0 aliphatic heterocycles. The molecule has 0 aromatic heterocycles. The third-order valence-electron chi connectivity index (χ3n) is 3.18. The molecule has 0 N–H and O–H groups in total. The molecule has 0 amide bonds. The molecule has 0 radical (unpaired) electrons. The molecule has 124 valence electrons. The standard InChI is InChI=1S/C21H16O4/c1-2-3-10-17(21(23)25-19-13-8-5-9-14-19)15-16-20(22)24-18-11-6-4-7-12-18/h1,4-9,11-14,17H,15-16H2. The Kier molecular flexibility index (Phi) is 6.85. The van der Waals surface area contributed by atoms with Crippen molar-refractivity contribution in [1.29, 1.82) is 0 Å². The second-order valence-electron chi connectivity index (χ2n) is 5.03. The predicted octanol–water partition coefficient (Wildman–Crippen LogP) is 3.23. The normalized spacial score (nSPS) is 10.5. The summed E-state index contributed by atoms with van der Waals surface area (Å²) in [6.45, 7) is 0. The van der Waals surface area contributed by atoms with Crippen molar-refractivity contribution in [1.82, 2.24) is 0 Å². The number of benzene rings is 2. The number of carbonyl (C=O) groups excluding carboxylic acids is 2. The van der Waals surface area contributed by atoms with E-state index in [2.05, 4.69) is 17.8 Å². The van der Waals surface area contributed by atoms with Crippen molar-refractivity contribution in [2.45, 2.75) is 12.8 Å². The molecule has 1 unspecified atom stereocenters. The van der Waals surface area contributed by atoms with Gasteiger partial charge in [-0.25, -0.2) is 0 Å². The Morgan fingerprint density at radius 3 is 2.04 bits per heavy atom. The van der Waals surface area contributed by atoms with Gasteiger partial charge in [0.05, 0.1) is 0 Å². The highest BCUT2D eigenvalue weighted by atomic mass is 16.5. The molecule has 0 aliphatic carbocycles. The largest absolute Gasteiger partial charge is 0.427 e. The fourth-order valence-corrected chi connectivity index (χ4v) is 1.99. The summed E-state index contributed by atoms with van der Waals surface area (Å²) in [5, 5.41) is 0. The minimum absolute atomic E-state index is 0.0166. The summed E-state index contributed by atoms with van der Waals surface area (Å²) in [7, 11) is 0. The fourth-order valence-electron chi connectivity index (χ4n) is 1.99. The number of ether oxygens (including phenoxy) is 2. The van der Waals surface area contributed by atoms with Crippen LogP contribution in [-0.4, -0.2) is 11.9 Å². The summed E-state index contributed by atoms with van der Waals surface area (Å²) < 4.78 is 10.4. The van der Waals surface area contributed by atoms with E-state index in [-0.39, 0.29) is 12.8 Å². The van der Waals surface area contributed by atoms with Gasteiger partial charge in [-0.15, -0.1) is 6.42 Å². The van der Waals surface area contributed by atoms with E-state index in [1.807, 2.05) is 12.1 Å². The number of para-hydroxylation sites is 2. The summed E-state index contributed by atoms with van der Waals surface area (Å²) in [5.41, 5.74) is 0. The Labute approximate surface area is 146 Å². The molecule has 4 heteroatoms. The second-order valence-corrected chi connectivity index (χ2v) is 5.03. The lowest BCUT2D eigenvalue weighted by Crippen LogP contribution is -2.21. The van der Waals surface area contributed by atoms with Crippen molar-refractivity contribution in [3.63, 3.8) is 0 Å². The number of hydrogen-bond donors (Lipinski definition) is 0. The second kappa shape index (κ2) is 9.60. The van der Waals surface area contributed by atoms with Gasteiger partial charge >= 0.3 is 11.9 Å². The highest BCUT2D eigenvalue weighted by molar-refractivity contribution is 5.79. The molecule has 0 fully saturated rings. The van der Waals surface area contributed by atoms with E-state index >= 15 is 0 Å². The summed E-state index contributed by atoms with van der Waals surface area (Å²) in [5.74, 6) is 6.26. The van der Waals surface area contributed by atoms with Gasteiger partial charge in [-0.1, -0.05) is 42.3 Å². The van der Waals surface area contributed by atoms with Crippen molar-refractivity contribution in [3.8, 4) is 35.7 Å². The van der Waals surface area contributed by atoms with Gasteiger partial charge in [0.25, 0.3) is 0 Å². The molecule has 1 atom stereocenters. The van der Waals surface area contributed by atoms with Crippen LogP contribution in [0.15, 0.2) is 60.7 Å². The zero-order valence-electron chi connectivity index (χ0n) is 13.5. The van der Waals surface area contributed by atoms with Crippen molar-refractivity contribution < 1.29 is 19.1 Å². The first-order valence-corrected chi connectivity index (χ1v) is 7.67. The molecule has 2 aromatic rings. The van der Waals surface area contributed by atoms with Crippen LogP contribution in [0, 0.1) is 30.1 Å². The molecule has 2 aromatic carbocycles. The quantitative estimate of drug-likeness (QED) is 0.463. The van der Waals surface area contributed by atoms with Gasteiger partial charge in [0, 0.05) is 6.42 Å². The van der Waals surface area contributed by atoms with Gasteiger partial charge in [-0.3, -0.25) is 9.59 Å². The van der Waals surface area contributed by atoms with E-state index in [1.54, 1.807) is 48.5 Å². The van der Waals surface area contributed by atoms with E-state index in [0.717, 1.165) is 0 Å². The lowest BCUT2D eigenvalue weighted by atomic mass is 10.0. The van der Waals surface area contributed by atoms with Gasteiger partial charge in [0.2, 0.25) is 0 Å². The van der Waals surface area contributed by atoms with Crippen LogP contribution >= 0.6 is 0 Å². The number of esters is 2. The van der Waals surface area contributed by atoms with Gasteiger partial charge in [-0.2, -0.15) is 0 Å². The van der Waals surface area contributed by atoms with Gasteiger partial charge < -0.3 is 9.47 Å². The highest BCUT2D eigenvalue weighted by Crippen LogP contribution is 2.15. The molecule has 0 spiro atoms. The molecule has 2 rings (SSSR count). The zero-order valence-corrected chi connectivity index (χ0v) is 13.5. The summed E-state index contributed by atoms with van der Waals surface area (Å²) in [6.07, 6.45) is 5.30. The summed E-state index contributed by atoms with van der Waals surface area (Å²) in [4.78, 5) is 24.2. The first-order valence-electron chi connectivity index (χ1n) is 7.67. The lowest BCUT2D eigenvalue weighted by molar-refractivity contribution is -0.138. The number of terminal acetylenes is 1. The Morgan fingerprint density at radius 1 is 0.920 bits per heavy atom. The van der Waals surface area contributed by atoms with Crippen molar-refractivity contribution in [2.75, 3.05) is 0 Å². The molecule has 0 saturated heterocycles. The van der Waals surface area contributed by atoms with E-state index in [4.69, 9.17) is 15.9 Å². The molecular formula is C21H16O4. The molecular weight excluding hydrogens is 316 g/mol. The van der Waals surface area contributed by atoms with Crippen LogP contribution in [0.25, 0.3) is 0 Å². The minimum Gasteiger partial charge on any atom is -0.427 e. The van der Waals surface area contributed by atoms with Crippen LogP contribution in [0.3, 0.4) is 0 Å². The van der Waals surface area contributed by atoms with E-state index < -0.39 is 17.9 Å². The van der Waals surface area contributed by atoms with Crippen LogP contribution in [0.2, 0.25) is 0 Å². The van der Waals surface area contributed by atoms with Crippen LogP contribution in [0.1, 0.15) is 12.8 Å². The van der Waals surface area contributed by atoms with Crippen LogP contribution in [0.4, 0.5) is 0 Å². The van der Waals surface area contributed by atoms with Gasteiger partial charge in [0.15, 0.2) is 0 Å². The summed E-state index contributed by atoms with van der Waals surface area (Å²) >= 11 is 0. The third kappa shape index (κ3) is 6.25. The number of hydrogen-bond acceptors (Lipinski definition) is 4. The third-order valence-corrected chi connectivity index (χ3v) is 3.18. The average molecular weight is 332 g/mol. The molecule has 0 aliphatic rings. The highest BCUT2D eigenvalue weighted by Gasteiger charge is 2.20. The molecule has 0 saturated carbocycles. The van der Waals surface area contributed by atoms with Crippen molar-refractivity contribution in [2.24, 2.45) is 5.92 Å². The van der Waals surface area contributed by atoms with E-state index in [9.17, 15) is 9.59 Å². The Morgan fingerprint density at radius 2 is 1.48 bits per heavy atom. The monoisotopic (exact) mass is 332 g/mol. The van der Waals surface area contributed by atoms with Gasteiger partial charge in [-0.05, 0) is 42.5 Å². The minimum atomic E-state index is -0.806. The maximum Gasteiger partial charge on any atom is 0.326 e. The molecule has 25 heavy (non-hydrogen) atoms. The smallest absolute Gasteiger partial charge is 0.326 e. The maximum absolute atomic E-state index is 12.2. The Hall–Kier alpha value is -3.50. The van der Waals surface area contributed by atoms with E-state index in [1.165, 1.54) is 0 Å². The van der Waals surface area contributed by atoms with E-state index in [0.29, 0.717) is 11.5 Å². The zero-order chi connectivity index (χ0) is 17.9. The first-order chi connectivity index (χ1) is 12.2. The van der Waals surface area contributed by atoms with Crippen molar-refractivity contribution >= 4 is 11.9 Å². The maximum atomic E-state index is 12.2. The Bertz CT molecular complexity index is 808. The van der Waals surface area contributed by atoms with Crippen LogP contribution in [-0.2, 0) is 9.59 Å². The van der Waals surface area contributed by atoms with Crippen LogP contribution < -0.4 is 9.47 Å². The average Bonchev–Trinajstić information content (AvgIpc) is 2.63. The molecule has 0 heterocycles. The van der Waals surface area contributed by atoms with Crippen LogP contribution in [0.5, 0.6) is 11.5 Å². The SMILES string of the molecule is C#CC#CC(CCC(=O)Oc1ccccc1)C(=O)Oc1ccccc1. The van der Waals surface area contributed by atoms with Gasteiger partial charge in [0.1, 0.15) is 17.4 Å². The summed E-state index contributed by atoms with van der Waals surface area (Å²) in [6, 6.07) is 17.3. The number of carbonyl (C=O) groups is 2. The Balaban J connectivity index is 1.94. The topological polar surface area (TPSA) is 52.6 Å². The predicted molar refractivity (Wildman–Crippen MR) is 93.5 cm³/mol. The first kappa shape index (κ1) is 17.8. The molecule has 4 nitrogen and oxygen atoms in total. The molecule has 0 bridgehead atoms. The lowest BCUT2D eigenvalue weighted by Gasteiger charge is -2.10. The number of rotatable bonds is 6.